The summed E-state index contributed by atoms with van der Waals surface area (Å²) in [5.41, 5.74) is 1.34. The molecule has 0 radical (unpaired) electrons. The molecule has 0 aliphatic carbocycles. The molecule has 1 aromatic heterocycles. The number of halogens is 2. The SMILES string of the molecule is COc1cc(-n2cc(C)c(C(=O)O)n2)c(Br)cc1Br. The number of nitrogens with zero attached hydrogens (tertiary/aromatic N) is 2. The van der Waals surface area contributed by atoms with E-state index in [1.807, 2.05) is 6.07 Å². The van der Waals surface area contributed by atoms with Crippen LogP contribution in [-0.2, 0) is 0 Å². The summed E-state index contributed by atoms with van der Waals surface area (Å²) in [6, 6.07) is 3.60. The van der Waals surface area contributed by atoms with Crippen LogP contribution >= 0.6 is 31.9 Å². The highest BCUT2D eigenvalue weighted by Crippen LogP contribution is 2.33. The molecule has 0 saturated carbocycles. The van der Waals surface area contributed by atoms with Crippen molar-refractivity contribution in [1.82, 2.24) is 9.78 Å². The number of carboxylic acid groups (broad SMARTS) is 1. The first-order chi connectivity index (χ1) is 8.93. The first-order valence-electron chi connectivity index (χ1n) is 5.27. The van der Waals surface area contributed by atoms with E-state index in [4.69, 9.17) is 9.84 Å². The largest absolute Gasteiger partial charge is 0.495 e. The molecule has 0 spiro atoms. The molecule has 1 aromatic carbocycles. The lowest BCUT2D eigenvalue weighted by Crippen LogP contribution is -2.02. The topological polar surface area (TPSA) is 64.3 Å². The highest BCUT2D eigenvalue weighted by atomic mass is 79.9. The van der Waals surface area contributed by atoms with Crippen LogP contribution in [0.5, 0.6) is 5.75 Å². The van der Waals surface area contributed by atoms with E-state index < -0.39 is 5.97 Å². The minimum absolute atomic E-state index is 0.0359. The van der Waals surface area contributed by atoms with E-state index in [1.54, 1.807) is 26.3 Å². The number of benzene rings is 1. The molecule has 0 saturated heterocycles. The third-order valence-electron chi connectivity index (χ3n) is 2.57. The fourth-order valence-electron chi connectivity index (χ4n) is 1.65. The Balaban J connectivity index is 2.58. The molecule has 2 aromatic rings. The van der Waals surface area contributed by atoms with E-state index in [0.717, 1.165) is 8.95 Å². The van der Waals surface area contributed by atoms with E-state index in [1.165, 1.54) is 4.68 Å². The van der Waals surface area contributed by atoms with Gasteiger partial charge in [-0.2, -0.15) is 5.10 Å². The van der Waals surface area contributed by atoms with E-state index in [-0.39, 0.29) is 5.69 Å². The number of aromatic nitrogens is 2. The zero-order valence-corrected chi connectivity index (χ0v) is 13.3. The molecule has 19 heavy (non-hydrogen) atoms. The van der Waals surface area contributed by atoms with Gasteiger partial charge in [0.15, 0.2) is 5.69 Å². The van der Waals surface area contributed by atoms with Crippen LogP contribution < -0.4 is 4.74 Å². The Bertz CT molecular complexity index is 653. The van der Waals surface area contributed by atoms with Crippen LogP contribution in [0.15, 0.2) is 27.3 Å². The molecule has 0 aliphatic heterocycles. The molecule has 100 valence electrons. The second kappa shape index (κ2) is 5.34. The monoisotopic (exact) mass is 388 g/mol. The Morgan fingerprint density at radius 2 is 2.05 bits per heavy atom. The number of methoxy groups -OCH3 is 1. The van der Waals surface area contributed by atoms with Crippen LogP contribution in [0.25, 0.3) is 5.69 Å². The van der Waals surface area contributed by atoms with E-state index in [2.05, 4.69) is 37.0 Å². The van der Waals surface area contributed by atoms with Crippen LogP contribution in [-0.4, -0.2) is 28.0 Å². The van der Waals surface area contributed by atoms with Crippen molar-refractivity contribution in [2.45, 2.75) is 6.92 Å². The molecule has 1 heterocycles. The maximum absolute atomic E-state index is 11.0. The Labute approximate surface area is 126 Å². The standard InChI is InChI=1S/C12H10Br2N2O3/c1-6-5-16(15-11(6)12(17)18)9-4-10(19-2)8(14)3-7(9)13/h3-5H,1-2H3,(H,17,18). The molecule has 0 bridgehead atoms. The van der Waals surface area contributed by atoms with Gasteiger partial charge in [0.25, 0.3) is 0 Å². The molecule has 1 N–H and O–H groups in total. The van der Waals surface area contributed by atoms with Gasteiger partial charge in [-0.25, -0.2) is 9.48 Å². The highest BCUT2D eigenvalue weighted by molar-refractivity contribution is 9.11. The maximum atomic E-state index is 11.0. The van der Waals surface area contributed by atoms with Gasteiger partial charge >= 0.3 is 5.97 Å². The summed E-state index contributed by atoms with van der Waals surface area (Å²) in [6.07, 6.45) is 1.66. The van der Waals surface area contributed by atoms with Gasteiger partial charge in [-0.05, 0) is 44.8 Å². The number of carbonyl (C=O) groups is 1. The molecule has 0 fully saturated rings. The number of rotatable bonds is 3. The summed E-state index contributed by atoms with van der Waals surface area (Å²) in [7, 11) is 1.56. The summed E-state index contributed by atoms with van der Waals surface area (Å²) in [4.78, 5) is 11.0. The summed E-state index contributed by atoms with van der Waals surface area (Å²) < 4.78 is 8.31. The number of aryl methyl sites for hydroxylation is 1. The summed E-state index contributed by atoms with van der Waals surface area (Å²) in [6.45, 7) is 1.71. The van der Waals surface area contributed by atoms with Gasteiger partial charge in [0.2, 0.25) is 0 Å². The lowest BCUT2D eigenvalue weighted by Gasteiger charge is -2.09. The number of carboxylic acids is 1. The van der Waals surface area contributed by atoms with Crippen molar-refractivity contribution in [3.05, 3.63) is 38.5 Å². The molecule has 7 heteroatoms. The highest BCUT2D eigenvalue weighted by Gasteiger charge is 2.15. The molecule has 2 rings (SSSR count). The maximum Gasteiger partial charge on any atom is 0.356 e. The summed E-state index contributed by atoms with van der Waals surface area (Å²) in [5.74, 6) is -0.403. The molecule has 0 aliphatic rings. The third kappa shape index (κ3) is 2.66. The average molecular weight is 390 g/mol. The van der Waals surface area contributed by atoms with Gasteiger partial charge in [0.1, 0.15) is 5.75 Å². The van der Waals surface area contributed by atoms with Crippen molar-refractivity contribution in [2.24, 2.45) is 0 Å². The Morgan fingerprint density at radius 1 is 1.37 bits per heavy atom. The number of ether oxygens (including phenoxy) is 1. The van der Waals surface area contributed by atoms with Gasteiger partial charge in [-0.1, -0.05) is 0 Å². The van der Waals surface area contributed by atoms with Gasteiger partial charge in [0, 0.05) is 22.3 Å². The van der Waals surface area contributed by atoms with Gasteiger partial charge < -0.3 is 9.84 Å². The van der Waals surface area contributed by atoms with Crippen molar-refractivity contribution >= 4 is 37.8 Å². The summed E-state index contributed by atoms with van der Waals surface area (Å²) >= 11 is 6.80. The zero-order chi connectivity index (χ0) is 14.2. The van der Waals surface area contributed by atoms with Crippen LogP contribution in [0.3, 0.4) is 0 Å². The molecule has 0 atom stereocenters. The minimum atomic E-state index is -1.04. The third-order valence-corrected chi connectivity index (χ3v) is 3.82. The first-order valence-corrected chi connectivity index (χ1v) is 6.85. The fourth-order valence-corrected chi connectivity index (χ4v) is 2.98. The molecule has 0 amide bonds. The van der Waals surface area contributed by atoms with E-state index >= 15 is 0 Å². The molecular weight excluding hydrogens is 380 g/mol. The average Bonchev–Trinajstić information content (AvgIpc) is 2.71. The fraction of sp³-hybridized carbons (Fsp3) is 0.167. The Hall–Kier alpha value is -1.34. The zero-order valence-electron chi connectivity index (χ0n) is 10.1. The lowest BCUT2D eigenvalue weighted by atomic mass is 10.3. The van der Waals surface area contributed by atoms with Crippen molar-refractivity contribution in [3.63, 3.8) is 0 Å². The van der Waals surface area contributed by atoms with Crippen molar-refractivity contribution in [1.29, 1.82) is 0 Å². The molecule has 0 unspecified atom stereocenters. The van der Waals surface area contributed by atoms with E-state index in [0.29, 0.717) is 17.0 Å². The first kappa shape index (κ1) is 14.1. The molecular formula is C12H10Br2N2O3. The van der Waals surface area contributed by atoms with Crippen LogP contribution in [0.1, 0.15) is 16.1 Å². The number of hydrogen-bond acceptors (Lipinski definition) is 3. The van der Waals surface area contributed by atoms with Gasteiger partial charge in [0.05, 0.1) is 17.3 Å². The smallest absolute Gasteiger partial charge is 0.356 e. The van der Waals surface area contributed by atoms with Gasteiger partial charge in [-0.3, -0.25) is 0 Å². The second-order valence-corrected chi connectivity index (χ2v) is 5.56. The number of aromatic carboxylic acids is 1. The van der Waals surface area contributed by atoms with Crippen LogP contribution in [0.2, 0.25) is 0 Å². The van der Waals surface area contributed by atoms with Crippen LogP contribution in [0.4, 0.5) is 0 Å². The Kier molecular flexibility index (Phi) is 3.96. The summed E-state index contributed by atoms with van der Waals surface area (Å²) in [5, 5.41) is 13.1. The van der Waals surface area contributed by atoms with Gasteiger partial charge in [-0.15, -0.1) is 0 Å². The number of hydrogen-bond donors (Lipinski definition) is 1. The predicted molar refractivity (Wildman–Crippen MR) is 77.2 cm³/mol. The van der Waals surface area contributed by atoms with E-state index in [9.17, 15) is 4.79 Å². The minimum Gasteiger partial charge on any atom is -0.495 e. The van der Waals surface area contributed by atoms with Crippen molar-refractivity contribution in [2.75, 3.05) is 7.11 Å². The predicted octanol–water partition coefficient (Wildman–Crippen LogP) is 3.41. The van der Waals surface area contributed by atoms with Crippen molar-refractivity contribution in [3.8, 4) is 11.4 Å². The Morgan fingerprint density at radius 3 is 2.58 bits per heavy atom. The second-order valence-electron chi connectivity index (χ2n) is 3.85. The van der Waals surface area contributed by atoms with Crippen LogP contribution in [0, 0.1) is 6.92 Å². The quantitative estimate of drug-likeness (QED) is 0.873. The lowest BCUT2D eigenvalue weighted by molar-refractivity contribution is 0.0689. The van der Waals surface area contributed by atoms with Crippen molar-refractivity contribution < 1.29 is 14.6 Å². The molecule has 5 nitrogen and oxygen atoms in total. The normalized spacial score (nSPS) is 10.5.